The van der Waals surface area contributed by atoms with Crippen LogP contribution in [-0.2, 0) is 11.2 Å². The minimum Gasteiger partial charge on any atom is -0.329 e. The molecular weight excluding hydrogens is 228 g/mol. The molecule has 1 aromatic carbocycles. The lowest BCUT2D eigenvalue weighted by atomic mass is 10.1. The number of likely N-dealkylation sites (N-methyl/N-ethyl adjacent to an activating group) is 1. The summed E-state index contributed by atoms with van der Waals surface area (Å²) in [4.78, 5) is 13.5. The first-order chi connectivity index (χ1) is 8.65. The number of nitrogens with two attached hydrogens (primary N) is 1. The Bertz CT molecular complexity index is 422. The van der Waals surface area contributed by atoms with E-state index in [9.17, 15) is 4.79 Å². The highest BCUT2D eigenvalue weighted by atomic mass is 16.2. The van der Waals surface area contributed by atoms with Crippen molar-refractivity contribution in [3.05, 3.63) is 29.8 Å². The van der Waals surface area contributed by atoms with E-state index in [2.05, 4.69) is 11.4 Å². The Balaban J connectivity index is 2.47. The number of nitrogens with zero attached hydrogens (tertiary/aromatic N) is 2. The molecule has 0 aliphatic carbocycles. The van der Waals surface area contributed by atoms with Crippen LogP contribution in [0.3, 0.4) is 0 Å². The molecule has 3 N–H and O–H groups in total. The Kier molecular flexibility index (Phi) is 5.85. The summed E-state index contributed by atoms with van der Waals surface area (Å²) in [7, 11) is 1.85. The highest BCUT2D eigenvalue weighted by Gasteiger charge is 2.05. The Morgan fingerprint density at radius 3 is 2.67 bits per heavy atom. The highest BCUT2D eigenvalue weighted by Crippen LogP contribution is 2.09. The first-order valence-corrected chi connectivity index (χ1v) is 5.80. The molecule has 1 amide bonds. The normalized spacial score (nSPS) is 10.1. The van der Waals surface area contributed by atoms with E-state index in [0.717, 1.165) is 11.3 Å². The molecular formula is C13H18N4O. The predicted octanol–water partition coefficient (Wildman–Crippen LogP) is 0.582. The first kappa shape index (κ1) is 14.2. The van der Waals surface area contributed by atoms with Crippen LogP contribution in [0.25, 0.3) is 0 Å². The zero-order valence-corrected chi connectivity index (χ0v) is 10.5. The van der Waals surface area contributed by atoms with Crippen LogP contribution in [0.2, 0.25) is 0 Å². The number of carbonyl (C=O) groups is 1. The summed E-state index contributed by atoms with van der Waals surface area (Å²) >= 11 is 0. The van der Waals surface area contributed by atoms with Crippen molar-refractivity contribution in [2.75, 3.05) is 32.0 Å². The molecule has 5 nitrogen and oxygen atoms in total. The van der Waals surface area contributed by atoms with Gasteiger partial charge in [-0.1, -0.05) is 12.1 Å². The fourth-order valence-corrected chi connectivity index (χ4v) is 1.54. The van der Waals surface area contributed by atoms with Crippen molar-refractivity contribution in [3.8, 4) is 6.07 Å². The Morgan fingerprint density at radius 2 is 2.11 bits per heavy atom. The monoisotopic (exact) mass is 246 g/mol. The Morgan fingerprint density at radius 1 is 1.44 bits per heavy atom. The molecule has 0 aromatic heterocycles. The molecule has 0 aliphatic rings. The predicted molar refractivity (Wildman–Crippen MR) is 70.9 cm³/mol. The van der Waals surface area contributed by atoms with E-state index in [1.54, 1.807) is 12.1 Å². The van der Waals surface area contributed by atoms with Gasteiger partial charge in [0.05, 0.1) is 19.0 Å². The van der Waals surface area contributed by atoms with Crippen LogP contribution in [0.1, 0.15) is 5.56 Å². The maximum Gasteiger partial charge on any atom is 0.238 e. The van der Waals surface area contributed by atoms with Crippen LogP contribution >= 0.6 is 0 Å². The van der Waals surface area contributed by atoms with Crippen molar-refractivity contribution in [2.24, 2.45) is 5.73 Å². The van der Waals surface area contributed by atoms with Crippen molar-refractivity contribution in [3.63, 3.8) is 0 Å². The van der Waals surface area contributed by atoms with Gasteiger partial charge in [-0.05, 0) is 24.7 Å². The molecule has 1 aromatic rings. The number of benzene rings is 1. The van der Waals surface area contributed by atoms with E-state index >= 15 is 0 Å². The summed E-state index contributed by atoms with van der Waals surface area (Å²) in [5, 5.41) is 11.3. The highest BCUT2D eigenvalue weighted by molar-refractivity contribution is 5.92. The van der Waals surface area contributed by atoms with E-state index in [4.69, 9.17) is 11.0 Å². The summed E-state index contributed by atoms with van der Waals surface area (Å²) in [6.45, 7) is 1.54. The number of amides is 1. The van der Waals surface area contributed by atoms with Gasteiger partial charge in [0.1, 0.15) is 0 Å². The standard InChI is InChI=1S/C13H18N4O/c1-17(9-8-15)10-13(18)16-12-4-2-11(3-5-12)6-7-14/h2-5H,6,8-10,15H2,1H3,(H,16,18). The zero-order valence-electron chi connectivity index (χ0n) is 10.5. The lowest BCUT2D eigenvalue weighted by Gasteiger charge is -2.14. The van der Waals surface area contributed by atoms with Gasteiger partial charge in [-0.15, -0.1) is 0 Å². The molecule has 0 atom stereocenters. The molecule has 0 fully saturated rings. The third kappa shape index (κ3) is 4.95. The molecule has 96 valence electrons. The molecule has 0 unspecified atom stereocenters. The first-order valence-electron chi connectivity index (χ1n) is 5.80. The van der Waals surface area contributed by atoms with Gasteiger partial charge in [-0.2, -0.15) is 5.26 Å². The zero-order chi connectivity index (χ0) is 13.4. The van der Waals surface area contributed by atoms with Crippen LogP contribution in [0.5, 0.6) is 0 Å². The largest absolute Gasteiger partial charge is 0.329 e. The van der Waals surface area contributed by atoms with Crippen molar-refractivity contribution >= 4 is 11.6 Å². The van der Waals surface area contributed by atoms with Gasteiger partial charge in [0.2, 0.25) is 5.91 Å². The SMILES string of the molecule is CN(CCN)CC(=O)Nc1ccc(CC#N)cc1. The van der Waals surface area contributed by atoms with Crippen molar-refractivity contribution in [1.82, 2.24) is 4.90 Å². The second-order valence-electron chi connectivity index (χ2n) is 4.11. The number of rotatable bonds is 6. The van der Waals surface area contributed by atoms with E-state index in [0.29, 0.717) is 26.1 Å². The van der Waals surface area contributed by atoms with Gasteiger partial charge in [0.15, 0.2) is 0 Å². The number of hydrogen-bond donors (Lipinski definition) is 2. The quantitative estimate of drug-likeness (QED) is 0.769. The van der Waals surface area contributed by atoms with E-state index in [1.807, 2.05) is 24.1 Å². The van der Waals surface area contributed by atoms with Gasteiger partial charge in [-0.3, -0.25) is 9.69 Å². The number of nitriles is 1. The van der Waals surface area contributed by atoms with Crippen LogP contribution < -0.4 is 11.1 Å². The smallest absolute Gasteiger partial charge is 0.238 e. The molecule has 1 rings (SSSR count). The summed E-state index contributed by atoms with van der Waals surface area (Å²) in [5.74, 6) is -0.0704. The maximum absolute atomic E-state index is 11.7. The minimum absolute atomic E-state index is 0.0704. The van der Waals surface area contributed by atoms with E-state index in [1.165, 1.54) is 0 Å². The lowest BCUT2D eigenvalue weighted by molar-refractivity contribution is -0.117. The molecule has 0 saturated heterocycles. The Labute approximate surface area is 107 Å². The maximum atomic E-state index is 11.7. The van der Waals surface area contributed by atoms with Gasteiger partial charge >= 0.3 is 0 Å². The number of carbonyl (C=O) groups excluding carboxylic acids is 1. The Hall–Kier alpha value is -1.90. The van der Waals surface area contributed by atoms with Crippen LogP contribution in [0, 0.1) is 11.3 Å². The fraction of sp³-hybridized carbons (Fsp3) is 0.385. The minimum atomic E-state index is -0.0704. The number of hydrogen-bond acceptors (Lipinski definition) is 4. The van der Waals surface area contributed by atoms with E-state index < -0.39 is 0 Å². The average molecular weight is 246 g/mol. The van der Waals surface area contributed by atoms with Crippen LogP contribution in [-0.4, -0.2) is 37.5 Å². The third-order valence-corrected chi connectivity index (χ3v) is 2.45. The third-order valence-electron chi connectivity index (χ3n) is 2.45. The van der Waals surface area contributed by atoms with Crippen LogP contribution in [0.15, 0.2) is 24.3 Å². The van der Waals surface area contributed by atoms with Crippen LogP contribution in [0.4, 0.5) is 5.69 Å². The van der Waals surface area contributed by atoms with Gasteiger partial charge in [0, 0.05) is 18.8 Å². The number of anilines is 1. The summed E-state index contributed by atoms with van der Waals surface area (Å²) in [6.07, 6.45) is 0.382. The molecule has 0 heterocycles. The fourth-order valence-electron chi connectivity index (χ4n) is 1.54. The second-order valence-corrected chi connectivity index (χ2v) is 4.11. The van der Waals surface area contributed by atoms with Crippen molar-refractivity contribution < 1.29 is 4.79 Å². The number of nitrogens with one attached hydrogen (secondary N) is 1. The lowest BCUT2D eigenvalue weighted by Crippen LogP contribution is -2.33. The molecule has 0 aliphatic heterocycles. The second kappa shape index (κ2) is 7.43. The average Bonchev–Trinajstić information content (AvgIpc) is 2.32. The molecule has 5 heteroatoms. The summed E-state index contributed by atoms with van der Waals surface area (Å²) in [5.41, 5.74) is 7.08. The van der Waals surface area contributed by atoms with Gasteiger partial charge in [0.25, 0.3) is 0 Å². The van der Waals surface area contributed by atoms with Gasteiger partial charge < -0.3 is 11.1 Å². The molecule has 0 bridgehead atoms. The molecule has 0 saturated carbocycles. The van der Waals surface area contributed by atoms with Crippen molar-refractivity contribution in [1.29, 1.82) is 5.26 Å². The van der Waals surface area contributed by atoms with Crippen molar-refractivity contribution in [2.45, 2.75) is 6.42 Å². The van der Waals surface area contributed by atoms with Gasteiger partial charge in [-0.25, -0.2) is 0 Å². The summed E-state index contributed by atoms with van der Waals surface area (Å²) in [6, 6.07) is 9.35. The molecule has 0 spiro atoms. The molecule has 0 radical (unpaired) electrons. The van der Waals surface area contributed by atoms with E-state index in [-0.39, 0.29) is 5.91 Å². The topological polar surface area (TPSA) is 82.2 Å². The summed E-state index contributed by atoms with van der Waals surface area (Å²) < 4.78 is 0. The molecule has 18 heavy (non-hydrogen) atoms.